The summed E-state index contributed by atoms with van der Waals surface area (Å²) in [6.45, 7) is 4.03. The van der Waals surface area contributed by atoms with Gasteiger partial charge in [0.05, 0.1) is 11.6 Å². The number of nitrogens with zero attached hydrogens (tertiary/aromatic N) is 1. The fourth-order valence-electron chi connectivity index (χ4n) is 1.79. The maximum atomic E-state index is 8.92. The van der Waals surface area contributed by atoms with Gasteiger partial charge < -0.3 is 4.74 Å². The smallest absolute Gasteiger partial charge is 0.131 e. The molecule has 3 heteroatoms. The minimum atomic E-state index is 0.606. The fourth-order valence-corrected chi connectivity index (χ4v) is 2.42. The Labute approximate surface area is 121 Å². The second kappa shape index (κ2) is 5.90. The molecule has 2 aromatic rings. The lowest BCUT2D eigenvalue weighted by molar-refractivity contribution is 0.478. The van der Waals surface area contributed by atoms with Crippen molar-refractivity contribution in [1.82, 2.24) is 0 Å². The van der Waals surface area contributed by atoms with Crippen LogP contribution in [0.15, 0.2) is 36.4 Å². The second-order valence-corrected chi connectivity index (χ2v) is 4.98. The van der Waals surface area contributed by atoms with E-state index in [1.807, 2.05) is 31.2 Å². The van der Waals surface area contributed by atoms with E-state index in [-0.39, 0.29) is 0 Å². The Kier molecular flexibility index (Phi) is 4.24. The summed E-state index contributed by atoms with van der Waals surface area (Å²) in [5.41, 5.74) is 4.05. The lowest BCUT2D eigenvalue weighted by Crippen LogP contribution is -1.91. The summed E-state index contributed by atoms with van der Waals surface area (Å²) in [7, 11) is 0. The first-order valence-electron chi connectivity index (χ1n) is 5.98. The van der Waals surface area contributed by atoms with E-state index < -0.39 is 0 Å². The van der Waals surface area contributed by atoms with Crippen molar-refractivity contribution in [3.8, 4) is 17.6 Å². The van der Waals surface area contributed by atoms with Crippen molar-refractivity contribution < 1.29 is 4.74 Å². The molecule has 0 N–H and O–H groups in total. The van der Waals surface area contributed by atoms with Crippen LogP contribution in [0.1, 0.15) is 22.3 Å². The molecule has 0 saturated heterocycles. The molecule has 0 aliphatic carbocycles. The maximum absolute atomic E-state index is 8.92. The van der Waals surface area contributed by atoms with Crippen LogP contribution in [0.2, 0.25) is 0 Å². The third-order valence-electron chi connectivity index (χ3n) is 3.00. The molecule has 0 aliphatic rings. The SMILES string of the molecule is Cc1cc(Oc2cc(C#N)ccc2C)ccc1CBr. The summed E-state index contributed by atoms with van der Waals surface area (Å²) in [6.07, 6.45) is 0. The Morgan fingerprint density at radius 3 is 2.53 bits per heavy atom. The quantitative estimate of drug-likeness (QED) is 0.757. The molecule has 2 rings (SSSR count). The van der Waals surface area contributed by atoms with Gasteiger partial charge in [-0.2, -0.15) is 5.26 Å². The van der Waals surface area contributed by atoms with Crippen LogP contribution in [0.3, 0.4) is 0 Å². The molecule has 0 fully saturated rings. The first-order valence-corrected chi connectivity index (χ1v) is 7.10. The zero-order valence-electron chi connectivity index (χ0n) is 10.9. The van der Waals surface area contributed by atoms with E-state index in [2.05, 4.69) is 28.9 Å². The zero-order valence-corrected chi connectivity index (χ0v) is 12.5. The van der Waals surface area contributed by atoms with Crippen molar-refractivity contribution in [1.29, 1.82) is 5.26 Å². The molecule has 0 aliphatic heterocycles. The standard InChI is InChI=1S/C16H14BrNO/c1-11-3-4-13(10-18)8-16(11)19-15-6-5-14(9-17)12(2)7-15/h3-8H,9H2,1-2H3. The van der Waals surface area contributed by atoms with Gasteiger partial charge >= 0.3 is 0 Å². The van der Waals surface area contributed by atoms with Gasteiger partial charge in [-0.25, -0.2) is 0 Å². The minimum Gasteiger partial charge on any atom is -0.457 e. The van der Waals surface area contributed by atoms with Gasteiger partial charge in [-0.1, -0.05) is 28.1 Å². The zero-order chi connectivity index (χ0) is 13.8. The molecule has 0 saturated carbocycles. The lowest BCUT2D eigenvalue weighted by atomic mass is 10.1. The highest BCUT2D eigenvalue weighted by atomic mass is 79.9. The highest BCUT2D eigenvalue weighted by Crippen LogP contribution is 2.28. The van der Waals surface area contributed by atoms with Crippen molar-refractivity contribution in [2.75, 3.05) is 0 Å². The van der Waals surface area contributed by atoms with Gasteiger partial charge in [0.1, 0.15) is 11.5 Å². The van der Waals surface area contributed by atoms with E-state index >= 15 is 0 Å². The average Bonchev–Trinajstić information content (AvgIpc) is 2.41. The molecule has 0 radical (unpaired) electrons. The van der Waals surface area contributed by atoms with Crippen LogP contribution >= 0.6 is 15.9 Å². The van der Waals surface area contributed by atoms with Crippen molar-refractivity contribution in [2.24, 2.45) is 0 Å². The van der Waals surface area contributed by atoms with E-state index in [1.165, 1.54) is 11.1 Å². The van der Waals surface area contributed by atoms with Crippen LogP contribution in [-0.4, -0.2) is 0 Å². The van der Waals surface area contributed by atoms with Gasteiger partial charge in [0.2, 0.25) is 0 Å². The third-order valence-corrected chi connectivity index (χ3v) is 3.61. The molecular formula is C16H14BrNO. The highest BCUT2D eigenvalue weighted by molar-refractivity contribution is 9.08. The van der Waals surface area contributed by atoms with Crippen molar-refractivity contribution in [3.63, 3.8) is 0 Å². The monoisotopic (exact) mass is 315 g/mol. The summed E-state index contributed by atoms with van der Waals surface area (Å²) in [6, 6.07) is 13.6. The van der Waals surface area contributed by atoms with Crippen LogP contribution in [0, 0.1) is 25.2 Å². The summed E-state index contributed by atoms with van der Waals surface area (Å²) < 4.78 is 5.87. The first kappa shape index (κ1) is 13.6. The highest BCUT2D eigenvalue weighted by Gasteiger charge is 2.05. The molecule has 2 nitrogen and oxygen atoms in total. The molecule has 0 unspecified atom stereocenters. The minimum absolute atomic E-state index is 0.606. The van der Waals surface area contributed by atoms with Crippen LogP contribution < -0.4 is 4.74 Å². The van der Waals surface area contributed by atoms with Crippen molar-refractivity contribution in [2.45, 2.75) is 19.2 Å². The largest absolute Gasteiger partial charge is 0.457 e. The van der Waals surface area contributed by atoms with Crippen molar-refractivity contribution >= 4 is 15.9 Å². The van der Waals surface area contributed by atoms with Gasteiger partial charge in [-0.3, -0.25) is 0 Å². The van der Waals surface area contributed by atoms with E-state index in [0.717, 1.165) is 22.4 Å². The normalized spacial score (nSPS) is 10.0. The van der Waals surface area contributed by atoms with Crippen LogP contribution in [0.25, 0.3) is 0 Å². The lowest BCUT2D eigenvalue weighted by Gasteiger charge is -2.11. The predicted octanol–water partition coefficient (Wildman–Crippen LogP) is 4.86. The van der Waals surface area contributed by atoms with Crippen molar-refractivity contribution in [3.05, 3.63) is 58.7 Å². The molecule has 0 heterocycles. The van der Waals surface area contributed by atoms with Crippen LogP contribution in [-0.2, 0) is 5.33 Å². The second-order valence-electron chi connectivity index (χ2n) is 4.42. The van der Waals surface area contributed by atoms with E-state index in [9.17, 15) is 0 Å². The van der Waals surface area contributed by atoms with E-state index in [4.69, 9.17) is 10.00 Å². The number of alkyl halides is 1. The number of benzene rings is 2. The van der Waals surface area contributed by atoms with E-state index in [0.29, 0.717) is 5.56 Å². The summed E-state index contributed by atoms with van der Waals surface area (Å²) >= 11 is 3.45. The maximum Gasteiger partial charge on any atom is 0.131 e. The number of halogens is 1. The number of ether oxygens (including phenoxy) is 1. The number of nitriles is 1. The van der Waals surface area contributed by atoms with Crippen LogP contribution in [0.4, 0.5) is 0 Å². The Hall–Kier alpha value is -1.79. The topological polar surface area (TPSA) is 33.0 Å². The average molecular weight is 316 g/mol. The number of rotatable bonds is 3. The van der Waals surface area contributed by atoms with Gasteiger partial charge in [0, 0.05) is 5.33 Å². The summed E-state index contributed by atoms with van der Waals surface area (Å²) in [5.74, 6) is 1.52. The summed E-state index contributed by atoms with van der Waals surface area (Å²) in [5, 5.41) is 9.76. The molecule has 96 valence electrons. The summed E-state index contributed by atoms with van der Waals surface area (Å²) in [4.78, 5) is 0. The molecule has 0 aromatic heterocycles. The third kappa shape index (κ3) is 3.15. The molecule has 0 atom stereocenters. The number of hydrogen-bond donors (Lipinski definition) is 0. The van der Waals surface area contributed by atoms with Crippen LogP contribution in [0.5, 0.6) is 11.5 Å². The van der Waals surface area contributed by atoms with E-state index in [1.54, 1.807) is 12.1 Å². The predicted molar refractivity (Wildman–Crippen MR) is 79.8 cm³/mol. The molecular weight excluding hydrogens is 302 g/mol. The molecule has 2 aromatic carbocycles. The Balaban J connectivity index is 2.31. The Morgan fingerprint density at radius 1 is 1.11 bits per heavy atom. The number of hydrogen-bond acceptors (Lipinski definition) is 2. The Morgan fingerprint density at radius 2 is 1.89 bits per heavy atom. The Bertz CT molecular complexity index is 644. The molecule has 0 amide bonds. The first-order chi connectivity index (χ1) is 9.13. The molecule has 0 bridgehead atoms. The van der Waals surface area contributed by atoms with Gasteiger partial charge in [0.15, 0.2) is 0 Å². The number of aryl methyl sites for hydroxylation is 2. The molecule has 19 heavy (non-hydrogen) atoms. The van der Waals surface area contributed by atoms with Gasteiger partial charge in [-0.05, 0) is 54.8 Å². The van der Waals surface area contributed by atoms with Gasteiger partial charge in [-0.15, -0.1) is 0 Å². The fraction of sp³-hybridized carbons (Fsp3) is 0.188. The van der Waals surface area contributed by atoms with Gasteiger partial charge in [0.25, 0.3) is 0 Å². The molecule has 0 spiro atoms.